The number of carbonyl (C=O) groups excluding carboxylic acids is 1. The van der Waals surface area contributed by atoms with Gasteiger partial charge in [0.25, 0.3) is 5.91 Å². The van der Waals surface area contributed by atoms with Crippen LogP contribution in [0.5, 0.6) is 5.75 Å². The predicted octanol–water partition coefficient (Wildman–Crippen LogP) is 2.09. The molecule has 3 rings (SSSR count). The second-order valence-corrected chi connectivity index (χ2v) is 5.42. The molecule has 1 saturated heterocycles. The summed E-state index contributed by atoms with van der Waals surface area (Å²) in [5.74, 6) is 1.17. The first-order valence-corrected chi connectivity index (χ1v) is 7.48. The molecule has 1 aliphatic heterocycles. The van der Waals surface area contributed by atoms with Gasteiger partial charge in [0.05, 0.1) is 12.8 Å². The molecule has 0 saturated carbocycles. The van der Waals surface area contributed by atoms with Gasteiger partial charge in [0.15, 0.2) is 5.69 Å². The van der Waals surface area contributed by atoms with Gasteiger partial charge in [0.2, 0.25) is 0 Å². The minimum absolute atomic E-state index is 0.0429. The van der Waals surface area contributed by atoms with Crippen molar-refractivity contribution in [3.05, 3.63) is 36.0 Å². The van der Waals surface area contributed by atoms with Crippen molar-refractivity contribution in [1.29, 1.82) is 0 Å². The van der Waals surface area contributed by atoms with Crippen LogP contribution in [0.1, 0.15) is 29.8 Å². The number of hydrogen-bond acceptors (Lipinski definition) is 4. The van der Waals surface area contributed by atoms with Crippen molar-refractivity contribution in [2.24, 2.45) is 0 Å². The molecule has 1 fully saturated rings. The first kappa shape index (κ1) is 14.4. The summed E-state index contributed by atoms with van der Waals surface area (Å²) in [5.41, 5.74) is 7.21. The molecule has 0 aliphatic carbocycles. The molecule has 22 heavy (non-hydrogen) atoms. The fourth-order valence-electron chi connectivity index (χ4n) is 2.69. The second kappa shape index (κ2) is 6.09. The van der Waals surface area contributed by atoms with Gasteiger partial charge in [-0.15, -0.1) is 0 Å². The fourth-order valence-corrected chi connectivity index (χ4v) is 2.69. The Labute approximate surface area is 129 Å². The SMILES string of the molecule is COc1ccc(-n2nc(C(=O)N3CCCCC3)cc2N)cc1. The van der Waals surface area contributed by atoms with Crippen molar-refractivity contribution >= 4 is 11.7 Å². The number of methoxy groups -OCH3 is 1. The molecule has 6 nitrogen and oxygen atoms in total. The highest BCUT2D eigenvalue weighted by Gasteiger charge is 2.21. The molecule has 0 radical (unpaired) electrons. The maximum absolute atomic E-state index is 12.5. The molecule has 0 spiro atoms. The van der Waals surface area contributed by atoms with Gasteiger partial charge in [0, 0.05) is 19.2 Å². The smallest absolute Gasteiger partial charge is 0.274 e. The highest BCUT2D eigenvalue weighted by Crippen LogP contribution is 2.20. The Bertz CT molecular complexity index is 657. The van der Waals surface area contributed by atoms with Crippen molar-refractivity contribution in [2.75, 3.05) is 25.9 Å². The number of aromatic nitrogens is 2. The fraction of sp³-hybridized carbons (Fsp3) is 0.375. The molecule has 1 aromatic heterocycles. The minimum Gasteiger partial charge on any atom is -0.497 e. The number of rotatable bonds is 3. The zero-order valence-electron chi connectivity index (χ0n) is 12.7. The van der Waals surface area contributed by atoms with E-state index in [0.717, 1.165) is 37.4 Å². The van der Waals surface area contributed by atoms with Crippen molar-refractivity contribution in [2.45, 2.75) is 19.3 Å². The molecule has 2 heterocycles. The Balaban J connectivity index is 1.84. The number of carbonyl (C=O) groups is 1. The largest absolute Gasteiger partial charge is 0.497 e. The third kappa shape index (κ3) is 2.77. The summed E-state index contributed by atoms with van der Waals surface area (Å²) in [5, 5.41) is 4.37. The van der Waals surface area contributed by atoms with Gasteiger partial charge >= 0.3 is 0 Å². The Morgan fingerprint density at radius 3 is 2.50 bits per heavy atom. The van der Waals surface area contributed by atoms with Crippen LogP contribution in [0, 0.1) is 0 Å². The second-order valence-electron chi connectivity index (χ2n) is 5.42. The van der Waals surface area contributed by atoms with Crippen LogP contribution in [0.15, 0.2) is 30.3 Å². The van der Waals surface area contributed by atoms with Crippen LogP contribution in [0.2, 0.25) is 0 Å². The van der Waals surface area contributed by atoms with Gasteiger partial charge in [-0.2, -0.15) is 5.10 Å². The maximum atomic E-state index is 12.5. The summed E-state index contributed by atoms with van der Waals surface area (Å²) >= 11 is 0. The van der Waals surface area contributed by atoms with Gasteiger partial charge in [-0.3, -0.25) is 4.79 Å². The van der Waals surface area contributed by atoms with Crippen LogP contribution >= 0.6 is 0 Å². The molecule has 0 bridgehead atoms. The van der Waals surface area contributed by atoms with E-state index in [1.807, 2.05) is 29.2 Å². The average molecular weight is 300 g/mol. The van der Waals surface area contributed by atoms with Crippen molar-refractivity contribution in [3.63, 3.8) is 0 Å². The van der Waals surface area contributed by atoms with Gasteiger partial charge < -0.3 is 15.4 Å². The monoisotopic (exact) mass is 300 g/mol. The number of hydrogen-bond donors (Lipinski definition) is 1. The third-order valence-electron chi connectivity index (χ3n) is 3.92. The lowest BCUT2D eigenvalue weighted by Crippen LogP contribution is -2.35. The quantitative estimate of drug-likeness (QED) is 0.942. The number of piperidine rings is 1. The lowest BCUT2D eigenvalue weighted by atomic mass is 10.1. The van der Waals surface area contributed by atoms with Crippen LogP contribution in [0.3, 0.4) is 0 Å². The summed E-state index contributed by atoms with van der Waals surface area (Å²) in [7, 11) is 1.62. The van der Waals surface area contributed by atoms with E-state index in [9.17, 15) is 4.79 Å². The summed E-state index contributed by atoms with van der Waals surface area (Å²) in [6, 6.07) is 9.03. The number of likely N-dealkylation sites (tertiary alicyclic amines) is 1. The van der Waals surface area contributed by atoms with Gasteiger partial charge in [-0.1, -0.05) is 0 Å². The number of benzene rings is 1. The van der Waals surface area contributed by atoms with Crippen LogP contribution in [-0.4, -0.2) is 40.8 Å². The lowest BCUT2D eigenvalue weighted by molar-refractivity contribution is 0.0718. The molecule has 2 N–H and O–H groups in total. The zero-order valence-corrected chi connectivity index (χ0v) is 12.7. The van der Waals surface area contributed by atoms with Crippen LogP contribution in [0.25, 0.3) is 5.69 Å². The predicted molar refractivity (Wildman–Crippen MR) is 84.3 cm³/mol. The van der Waals surface area contributed by atoms with E-state index in [4.69, 9.17) is 10.5 Å². The minimum atomic E-state index is -0.0429. The molecule has 116 valence electrons. The molecule has 1 amide bonds. The zero-order chi connectivity index (χ0) is 15.5. The Morgan fingerprint density at radius 1 is 1.18 bits per heavy atom. The van der Waals surface area contributed by atoms with Gasteiger partial charge in [-0.25, -0.2) is 4.68 Å². The first-order chi connectivity index (χ1) is 10.7. The van der Waals surface area contributed by atoms with Gasteiger partial charge in [0.1, 0.15) is 11.6 Å². The number of amides is 1. The normalized spacial score (nSPS) is 14.9. The molecule has 1 aromatic carbocycles. The molecule has 0 atom stereocenters. The topological polar surface area (TPSA) is 73.4 Å². The van der Waals surface area contributed by atoms with E-state index in [1.54, 1.807) is 17.9 Å². The average Bonchev–Trinajstić information content (AvgIpc) is 2.97. The van der Waals surface area contributed by atoms with Crippen molar-refractivity contribution in [3.8, 4) is 11.4 Å². The van der Waals surface area contributed by atoms with E-state index in [1.165, 1.54) is 6.42 Å². The number of nitrogens with two attached hydrogens (primary N) is 1. The van der Waals surface area contributed by atoms with E-state index in [2.05, 4.69) is 5.10 Å². The van der Waals surface area contributed by atoms with E-state index < -0.39 is 0 Å². The number of anilines is 1. The van der Waals surface area contributed by atoms with E-state index in [-0.39, 0.29) is 5.91 Å². The Hall–Kier alpha value is -2.50. The number of nitrogens with zero attached hydrogens (tertiary/aromatic N) is 3. The van der Waals surface area contributed by atoms with Crippen LogP contribution in [0.4, 0.5) is 5.82 Å². The summed E-state index contributed by atoms with van der Waals surface area (Å²) in [4.78, 5) is 14.3. The molecule has 0 unspecified atom stereocenters. The summed E-state index contributed by atoms with van der Waals surface area (Å²) in [6.45, 7) is 1.60. The number of nitrogen functional groups attached to an aromatic ring is 1. The Kier molecular flexibility index (Phi) is 4.00. The lowest BCUT2D eigenvalue weighted by Gasteiger charge is -2.25. The molecular formula is C16H20N4O2. The Morgan fingerprint density at radius 2 is 1.86 bits per heavy atom. The van der Waals surface area contributed by atoms with Crippen LogP contribution in [-0.2, 0) is 0 Å². The maximum Gasteiger partial charge on any atom is 0.274 e. The van der Waals surface area contributed by atoms with E-state index in [0.29, 0.717) is 11.5 Å². The first-order valence-electron chi connectivity index (χ1n) is 7.48. The van der Waals surface area contributed by atoms with Crippen LogP contribution < -0.4 is 10.5 Å². The standard InChI is InChI=1S/C16H20N4O2/c1-22-13-7-5-12(6-8-13)20-15(17)11-14(18-20)16(21)19-9-3-2-4-10-19/h5-8,11H,2-4,9-10,17H2,1H3. The van der Waals surface area contributed by atoms with E-state index >= 15 is 0 Å². The molecule has 1 aliphatic rings. The summed E-state index contributed by atoms with van der Waals surface area (Å²) < 4.78 is 6.72. The molecule has 6 heteroatoms. The van der Waals surface area contributed by atoms with Gasteiger partial charge in [-0.05, 0) is 43.5 Å². The van der Waals surface area contributed by atoms with Crippen molar-refractivity contribution < 1.29 is 9.53 Å². The molecular weight excluding hydrogens is 280 g/mol. The molecule has 2 aromatic rings. The van der Waals surface area contributed by atoms with Crippen molar-refractivity contribution in [1.82, 2.24) is 14.7 Å². The summed E-state index contributed by atoms with van der Waals surface area (Å²) in [6.07, 6.45) is 3.30. The third-order valence-corrected chi connectivity index (χ3v) is 3.92. The highest BCUT2D eigenvalue weighted by molar-refractivity contribution is 5.93. The number of ether oxygens (including phenoxy) is 1. The highest BCUT2D eigenvalue weighted by atomic mass is 16.5.